The number of para-hydroxylation sites is 2. The lowest BCUT2D eigenvalue weighted by atomic mass is 9.90. The number of aromatic nitrogens is 2. The SMILES string of the molecule is CN(Cc1nc2ccccc2[nH]1)C(=O)c1cccc(CC2CCNCC2)c1. The van der Waals surface area contributed by atoms with Crippen LogP contribution in [-0.2, 0) is 13.0 Å². The summed E-state index contributed by atoms with van der Waals surface area (Å²) in [5.41, 5.74) is 3.93. The number of aromatic amines is 1. The minimum absolute atomic E-state index is 0.0302. The molecule has 1 aliphatic rings. The van der Waals surface area contributed by atoms with E-state index in [1.165, 1.54) is 18.4 Å². The maximum Gasteiger partial charge on any atom is 0.254 e. The van der Waals surface area contributed by atoms with E-state index in [2.05, 4.69) is 27.4 Å². The average molecular weight is 362 g/mol. The van der Waals surface area contributed by atoms with Crippen LogP contribution >= 0.6 is 0 Å². The molecule has 1 aliphatic heterocycles. The molecule has 5 nitrogen and oxygen atoms in total. The minimum atomic E-state index is 0.0302. The van der Waals surface area contributed by atoms with Crippen LogP contribution in [0.25, 0.3) is 11.0 Å². The van der Waals surface area contributed by atoms with Gasteiger partial charge in [0.15, 0.2) is 0 Å². The molecule has 3 aromatic rings. The van der Waals surface area contributed by atoms with Gasteiger partial charge in [0, 0.05) is 12.6 Å². The second-order valence-electron chi connectivity index (χ2n) is 7.46. The number of fused-ring (bicyclic) bond motifs is 1. The van der Waals surface area contributed by atoms with E-state index in [0.717, 1.165) is 41.9 Å². The minimum Gasteiger partial charge on any atom is -0.340 e. The van der Waals surface area contributed by atoms with Crippen molar-refractivity contribution >= 4 is 16.9 Å². The lowest BCUT2D eigenvalue weighted by Gasteiger charge is -2.23. The first kappa shape index (κ1) is 17.7. The molecule has 2 N–H and O–H groups in total. The number of H-pyrrole nitrogens is 1. The number of hydrogen-bond acceptors (Lipinski definition) is 3. The number of nitrogens with zero attached hydrogens (tertiary/aromatic N) is 2. The average Bonchev–Trinajstić information content (AvgIpc) is 3.10. The molecule has 0 saturated carbocycles. The van der Waals surface area contributed by atoms with Crippen molar-refractivity contribution in [3.8, 4) is 0 Å². The summed E-state index contributed by atoms with van der Waals surface area (Å²) in [5, 5.41) is 3.41. The summed E-state index contributed by atoms with van der Waals surface area (Å²) >= 11 is 0. The predicted octanol–water partition coefficient (Wildman–Crippen LogP) is 3.38. The number of nitrogens with one attached hydrogen (secondary N) is 2. The highest BCUT2D eigenvalue weighted by Gasteiger charge is 2.17. The van der Waals surface area contributed by atoms with Crippen molar-refractivity contribution in [2.24, 2.45) is 5.92 Å². The van der Waals surface area contributed by atoms with Crippen LogP contribution in [0.5, 0.6) is 0 Å². The largest absolute Gasteiger partial charge is 0.340 e. The molecule has 1 fully saturated rings. The Bertz CT molecular complexity index is 894. The van der Waals surface area contributed by atoms with Gasteiger partial charge in [-0.2, -0.15) is 0 Å². The van der Waals surface area contributed by atoms with Gasteiger partial charge in [-0.05, 0) is 68.1 Å². The van der Waals surface area contributed by atoms with Crippen LogP contribution in [0.1, 0.15) is 34.6 Å². The summed E-state index contributed by atoms with van der Waals surface area (Å²) in [6.07, 6.45) is 3.48. The first-order valence-electron chi connectivity index (χ1n) is 9.68. The molecule has 2 heterocycles. The molecule has 0 aliphatic carbocycles. The zero-order valence-electron chi connectivity index (χ0n) is 15.7. The van der Waals surface area contributed by atoms with Gasteiger partial charge in [0.2, 0.25) is 0 Å². The molecule has 0 atom stereocenters. The quantitative estimate of drug-likeness (QED) is 0.731. The molecular weight excluding hydrogens is 336 g/mol. The van der Waals surface area contributed by atoms with Crippen LogP contribution < -0.4 is 5.32 Å². The zero-order chi connectivity index (χ0) is 18.6. The fourth-order valence-electron chi connectivity index (χ4n) is 3.85. The van der Waals surface area contributed by atoms with Crippen molar-refractivity contribution in [3.05, 3.63) is 65.5 Å². The van der Waals surface area contributed by atoms with Crippen molar-refractivity contribution in [2.45, 2.75) is 25.8 Å². The third-order valence-electron chi connectivity index (χ3n) is 5.33. The Labute approximate surface area is 159 Å². The predicted molar refractivity (Wildman–Crippen MR) is 108 cm³/mol. The summed E-state index contributed by atoms with van der Waals surface area (Å²) in [4.78, 5) is 22.5. The Hall–Kier alpha value is -2.66. The molecule has 1 aromatic heterocycles. The van der Waals surface area contributed by atoms with E-state index in [-0.39, 0.29) is 5.91 Å². The molecule has 0 unspecified atom stereocenters. The van der Waals surface area contributed by atoms with Crippen LogP contribution in [0.15, 0.2) is 48.5 Å². The molecule has 0 bridgehead atoms. The number of imidazole rings is 1. The number of piperidine rings is 1. The zero-order valence-corrected chi connectivity index (χ0v) is 15.7. The smallest absolute Gasteiger partial charge is 0.254 e. The van der Waals surface area contributed by atoms with Crippen LogP contribution in [-0.4, -0.2) is 40.9 Å². The molecule has 27 heavy (non-hydrogen) atoms. The Morgan fingerprint density at radius 2 is 1.96 bits per heavy atom. The summed E-state index contributed by atoms with van der Waals surface area (Å²) in [6, 6.07) is 16.0. The third kappa shape index (κ3) is 4.19. The number of rotatable bonds is 5. The number of carbonyl (C=O) groups is 1. The second kappa shape index (κ2) is 7.92. The van der Waals surface area contributed by atoms with Crippen molar-refractivity contribution < 1.29 is 4.79 Å². The highest BCUT2D eigenvalue weighted by molar-refractivity contribution is 5.94. The van der Waals surface area contributed by atoms with Gasteiger partial charge in [-0.1, -0.05) is 24.3 Å². The molecule has 2 aromatic carbocycles. The van der Waals surface area contributed by atoms with Gasteiger partial charge < -0.3 is 15.2 Å². The number of benzene rings is 2. The Morgan fingerprint density at radius 3 is 2.78 bits per heavy atom. The number of hydrogen-bond donors (Lipinski definition) is 2. The van der Waals surface area contributed by atoms with Crippen LogP contribution in [0, 0.1) is 5.92 Å². The summed E-state index contributed by atoms with van der Waals surface area (Å²) in [6.45, 7) is 2.67. The van der Waals surface area contributed by atoms with Crippen molar-refractivity contribution in [3.63, 3.8) is 0 Å². The van der Waals surface area contributed by atoms with Crippen LogP contribution in [0.4, 0.5) is 0 Å². The van der Waals surface area contributed by atoms with E-state index in [0.29, 0.717) is 12.5 Å². The van der Waals surface area contributed by atoms with Crippen molar-refractivity contribution in [1.29, 1.82) is 0 Å². The third-order valence-corrected chi connectivity index (χ3v) is 5.33. The van der Waals surface area contributed by atoms with Gasteiger partial charge in [-0.3, -0.25) is 4.79 Å². The topological polar surface area (TPSA) is 61.0 Å². The fourth-order valence-corrected chi connectivity index (χ4v) is 3.85. The molecule has 0 spiro atoms. The van der Waals surface area contributed by atoms with E-state index in [1.807, 2.05) is 43.4 Å². The van der Waals surface area contributed by atoms with Gasteiger partial charge in [0.1, 0.15) is 5.82 Å². The molecular formula is C22H26N4O. The number of amides is 1. The normalized spacial score (nSPS) is 15.1. The fraction of sp³-hybridized carbons (Fsp3) is 0.364. The molecule has 0 radical (unpaired) electrons. The van der Waals surface area contributed by atoms with E-state index in [1.54, 1.807) is 4.90 Å². The maximum atomic E-state index is 12.9. The molecule has 140 valence electrons. The molecule has 5 heteroatoms. The summed E-state index contributed by atoms with van der Waals surface area (Å²) < 4.78 is 0. The monoisotopic (exact) mass is 362 g/mol. The van der Waals surface area contributed by atoms with E-state index < -0.39 is 0 Å². The van der Waals surface area contributed by atoms with Gasteiger partial charge in [-0.25, -0.2) is 4.98 Å². The lowest BCUT2D eigenvalue weighted by molar-refractivity contribution is 0.0782. The van der Waals surface area contributed by atoms with Gasteiger partial charge in [-0.15, -0.1) is 0 Å². The van der Waals surface area contributed by atoms with Crippen molar-refractivity contribution in [1.82, 2.24) is 20.2 Å². The van der Waals surface area contributed by atoms with Crippen molar-refractivity contribution in [2.75, 3.05) is 20.1 Å². The van der Waals surface area contributed by atoms with E-state index in [4.69, 9.17) is 0 Å². The van der Waals surface area contributed by atoms with Gasteiger partial charge in [0.05, 0.1) is 17.6 Å². The summed E-state index contributed by atoms with van der Waals surface area (Å²) in [5.74, 6) is 1.55. The van der Waals surface area contributed by atoms with Crippen LogP contribution in [0.2, 0.25) is 0 Å². The van der Waals surface area contributed by atoms with E-state index >= 15 is 0 Å². The summed E-state index contributed by atoms with van der Waals surface area (Å²) in [7, 11) is 1.83. The molecule has 4 rings (SSSR count). The molecule has 1 saturated heterocycles. The maximum absolute atomic E-state index is 12.9. The first-order valence-corrected chi connectivity index (χ1v) is 9.68. The highest BCUT2D eigenvalue weighted by atomic mass is 16.2. The standard InChI is InChI=1S/C22H26N4O/c1-26(15-21-24-19-7-2-3-8-20(19)25-21)22(27)18-6-4-5-17(14-18)13-16-9-11-23-12-10-16/h2-8,14,16,23H,9-13,15H2,1H3,(H,24,25). The number of carbonyl (C=O) groups excluding carboxylic acids is 1. The first-order chi connectivity index (χ1) is 13.2. The lowest BCUT2D eigenvalue weighted by Crippen LogP contribution is -2.29. The second-order valence-corrected chi connectivity index (χ2v) is 7.46. The molecule has 1 amide bonds. The highest BCUT2D eigenvalue weighted by Crippen LogP contribution is 2.19. The van der Waals surface area contributed by atoms with Gasteiger partial charge in [0.25, 0.3) is 5.91 Å². The van der Waals surface area contributed by atoms with E-state index in [9.17, 15) is 4.79 Å². The van der Waals surface area contributed by atoms with Gasteiger partial charge >= 0.3 is 0 Å². The van der Waals surface area contributed by atoms with Crippen LogP contribution in [0.3, 0.4) is 0 Å². The Morgan fingerprint density at radius 1 is 1.15 bits per heavy atom. The Kier molecular flexibility index (Phi) is 5.21. The Balaban J connectivity index is 1.44.